The van der Waals surface area contributed by atoms with E-state index in [1.807, 2.05) is 47.4 Å². The number of piperazine rings is 1. The van der Waals surface area contributed by atoms with Crippen LogP contribution in [0.1, 0.15) is 36.7 Å². The average molecular weight is 497 g/mol. The second-order valence-electron chi connectivity index (χ2n) is 10.6. The summed E-state index contributed by atoms with van der Waals surface area (Å²) in [7, 11) is 0. The van der Waals surface area contributed by atoms with Crippen molar-refractivity contribution in [2.45, 2.75) is 32.2 Å². The van der Waals surface area contributed by atoms with Gasteiger partial charge in [0.1, 0.15) is 17.7 Å². The molecule has 37 heavy (non-hydrogen) atoms. The van der Waals surface area contributed by atoms with Crippen LogP contribution in [0.15, 0.2) is 60.9 Å². The summed E-state index contributed by atoms with van der Waals surface area (Å²) < 4.78 is 14.1. The van der Waals surface area contributed by atoms with Crippen LogP contribution in [-0.2, 0) is 5.41 Å². The molecule has 2 aliphatic heterocycles. The van der Waals surface area contributed by atoms with Crippen LogP contribution in [0.2, 0.25) is 0 Å². The number of amides is 1. The zero-order valence-corrected chi connectivity index (χ0v) is 21.2. The minimum Gasteiger partial charge on any atom is -0.336 e. The molecule has 0 unspecified atom stereocenters. The number of carbonyl (C=O) groups excluding carboxylic acids is 1. The number of halogens is 1. The van der Waals surface area contributed by atoms with Gasteiger partial charge in [-0.2, -0.15) is 0 Å². The van der Waals surface area contributed by atoms with Crippen LogP contribution in [0.25, 0.3) is 22.3 Å². The van der Waals surface area contributed by atoms with Crippen molar-refractivity contribution in [2.75, 3.05) is 31.1 Å². The third-order valence-corrected chi connectivity index (χ3v) is 7.31. The maximum atomic E-state index is 14.1. The van der Waals surface area contributed by atoms with E-state index in [9.17, 15) is 9.18 Å². The van der Waals surface area contributed by atoms with Crippen LogP contribution >= 0.6 is 0 Å². The van der Waals surface area contributed by atoms with E-state index in [1.54, 1.807) is 12.4 Å². The molecule has 8 heteroatoms. The lowest BCUT2D eigenvalue weighted by molar-refractivity contribution is 0.0709. The fraction of sp³-hybridized carbons (Fsp3) is 0.310. The topological polar surface area (TPSA) is 74.2 Å². The lowest BCUT2D eigenvalue weighted by atomic mass is 9.87. The van der Waals surface area contributed by atoms with Gasteiger partial charge >= 0.3 is 0 Å². The molecule has 2 aromatic heterocycles. The maximum Gasteiger partial charge on any atom is 0.253 e. The zero-order valence-electron chi connectivity index (χ0n) is 21.2. The molecule has 4 aromatic rings. The summed E-state index contributed by atoms with van der Waals surface area (Å²) in [5.74, 6) is 0.474. The van der Waals surface area contributed by atoms with Crippen LogP contribution in [0, 0.1) is 5.82 Å². The highest BCUT2D eigenvalue weighted by molar-refractivity contribution is 5.96. The molecule has 0 spiro atoms. The highest BCUT2D eigenvalue weighted by atomic mass is 19.1. The number of nitrogens with zero attached hydrogens (tertiary/aromatic N) is 5. The fourth-order valence-electron chi connectivity index (χ4n) is 5.44. The summed E-state index contributed by atoms with van der Waals surface area (Å²) in [6.07, 6.45) is 1.54. The van der Waals surface area contributed by atoms with Gasteiger partial charge in [-0.3, -0.25) is 4.79 Å². The van der Waals surface area contributed by atoms with Crippen LogP contribution in [0.5, 0.6) is 0 Å². The third-order valence-electron chi connectivity index (χ3n) is 7.31. The number of anilines is 2. The largest absolute Gasteiger partial charge is 0.336 e. The van der Waals surface area contributed by atoms with Gasteiger partial charge in [0, 0.05) is 54.5 Å². The number of fused-ring (bicyclic) bond motifs is 2. The maximum absolute atomic E-state index is 14.1. The number of carbonyl (C=O) groups is 1. The van der Waals surface area contributed by atoms with Crippen LogP contribution in [-0.4, -0.2) is 58.0 Å². The summed E-state index contributed by atoms with van der Waals surface area (Å²) in [5, 5.41) is 3.38. The smallest absolute Gasteiger partial charge is 0.253 e. The second-order valence-corrected chi connectivity index (χ2v) is 10.6. The Balaban J connectivity index is 1.39. The van der Waals surface area contributed by atoms with Gasteiger partial charge in [-0.15, -0.1) is 0 Å². The Bertz CT molecular complexity index is 1520. The number of pyridine rings is 1. The average Bonchev–Trinajstić information content (AvgIpc) is 3.17. The lowest BCUT2D eigenvalue weighted by Crippen LogP contribution is -2.51. The highest BCUT2D eigenvalue weighted by Gasteiger charge is 2.37. The molecule has 2 aliphatic rings. The Labute approximate surface area is 215 Å². The monoisotopic (exact) mass is 496 g/mol. The first-order valence-electron chi connectivity index (χ1n) is 12.6. The quantitative estimate of drug-likeness (QED) is 0.444. The molecule has 0 saturated carbocycles. The van der Waals surface area contributed by atoms with Crippen molar-refractivity contribution in [3.05, 3.63) is 77.9 Å². The molecule has 0 bridgehead atoms. The number of hydrogen-bond acceptors (Lipinski definition) is 6. The lowest BCUT2D eigenvalue weighted by Gasteiger charge is -2.32. The molecular formula is C29H29FN6O. The fourth-order valence-corrected chi connectivity index (χ4v) is 5.44. The molecule has 1 saturated heterocycles. The van der Waals surface area contributed by atoms with Crippen molar-refractivity contribution in [3.8, 4) is 11.3 Å². The van der Waals surface area contributed by atoms with Crippen molar-refractivity contribution in [3.63, 3.8) is 0 Å². The SMILES string of the molecule is C[C@H]1CN(C(=O)c2cccc(-c3ccc4ncnc(N5CC(C)(C)c6cc(F)ccc65)c4n3)c2)CCN1. The van der Waals surface area contributed by atoms with Gasteiger partial charge in [-0.25, -0.2) is 19.3 Å². The Kier molecular flexibility index (Phi) is 5.64. The Morgan fingerprint density at radius 2 is 1.97 bits per heavy atom. The van der Waals surface area contributed by atoms with Crippen LogP contribution in [0.3, 0.4) is 0 Å². The molecule has 1 amide bonds. The number of rotatable bonds is 3. The van der Waals surface area contributed by atoms with E-state index < -0.39 is 0 Å². The predicted octanol–water partition coefficient (Wildman–Crippen LogP) is 4.69. The van der Waals surface area contributed by atoms with Crippen molar-refractivity contribution in [2.24, 2.45) is 0 Å². The Morgan fingerprint density at radius 3 is 2.81 bits per heavy atom. The number of nitrogens with one attached hydrogen (secondary N) is 1. The number of hydrogen-bond donors (Lipinski definition) is 1. The Hall–Kier alpha value is -3.91. The van der Waals surface area contributed by atoms with Crippen molar-refractivity contribution in [1.82, 2.24) is 25.2 Å². The molecule has 4 heterocycles. The van der Waals surface area contributed by atoms with Crippen molar-refractivity contribution >= 4 is 28.4 Å². The molecular weight excluding hydrogens is 467 g/mol. The first-order chi connectivity index (χ1) is 17.8. The zero-order chi connectivity index (χ0) is 25.7. The van der Waals surface area contributed by atoms with E-state index in [0.717, 1.165) is 34.6 Å². The van der Waals surface area contributed by atoms with E-state index in [1.165, 1.54) is 6.07 Å². The Morgan fingerprint density at radius 1 is 1.11 bits per heavy atom. The minimum atomic E-state index is -0.248. The van der Waals surface area contributed by atoms with Gasteiger partial charge in [0.25, 0.3) is 5.91 Å². The normalized spacial score (nSPS) is 18.8. The van der Waals surface area contributed by atoms with Gasteiger partial charge in [0.15, 0.2) is 5.82 Å². The van der Waals surface area contributed by atoms with E-state index >= 15 is 0 Å². The number of benzene rings is 2. The standard InChI is InChI=1S/C29H29FN6O/c1-18-15-35(12-11-31-18)28(37)20-6-4-5-19(13-20)23-8-9-24-26(34-23)27(33-17-32-24)36-16-29(2,3)22-14-21(30)7-10-25(22)36/h4-10,13-14,17-18,31H,11-12,15-16H2,1-3H3/t18-/m0/s1. The third kappa shape index (κ3) is 4.21. The summed E-state index contributed by atoms with van der Waals surface area (Å²) in [6, 6.07) is 16.7. The van der Waals surface area contributed by atoms with Crippen LogP contribution in [0.4, 0.5) is 15.9 Å². The molecule has 7 nitrogen and oxygen atoms in total. The van der Waals surface area contributed by atoms with Gasteiger partial charge in [-0.05, 0) is 55.0 Å². The van der Waals surface area contributed by atoms with Crippen LogP contribution < -0.4 is 10.2 Å². The van der Waals surface area contributed by atoms with Gasteiger partial charge in [0.2, 0.25) is 0 Å². The molecule has 2 aromatic carbocycles. The van der Waals surface area contributed by atoms with Crippen molar-refractivity contribution in [1.29, 1.82) is 0 Å². The van der Waals surface area contributed by atoms with Gasteiger partial charge < -0.3 is 15.1 Å². The minimum absolute atomic E-state index is 0.0307. The molecule has 1 N–H and O–H groups in total. The van der Waals surface area contributed by atoms with E-state index in [4.69, 9.17) is 4.98 Å². The highest BCUT2D eigenvalue weighted by Crippen LogP contribution is 2.45. The van der Waals surface area contributed by atoms with Gasteiger partial charge in [-0.1, -0.05) is 26.0 Å². The van der Waals surface area contributed by atoms with Gasteiger partial charge in [0.05, 0.1) is 11.2 Å². The molecule has 0 radical (unpaired) electrons. The summed E-state index contributed by atoms with van der Waals surface area (Å²) in [4.78, 5) is 31.2. The van der Waals surface area contributed by atoms with Crippen molar-refractivity contribution < 1.29 is 9.18 Å². The molecule has 1 fully saturated rings. The first-order valence-corrected chi connectivity index (χ1v) is 12.6. The predicted molar refractivity (Wildman–Crippen MR) is 143 cm³/mol. The molecule has 0 aliphatic carbocycles. The molecule has 1 atom stereocenters. The summed E-state index contributed by atoms with van der Waals surface area (Å²) >= 11 is 0. The first kappa shape index (κ1) is 23.5. The van der Waals surface area contributed by atoms with E-state index in [2.05, 4.69) is 41.0 Å². The molecule has 188 valence electrons. The second kappa shape index (κ2) is 8.88. The van der Waals surface area contributed by atoms with E-state index in [-0.39, 0.29) is 23.2 Å². The molecule has 6 rings (SSSR count). The summed E-state index contributed by atoms with van der Waals surface area (Å²) in [6.45, 7) is 9.13. The number of aromatic nitrogens is 3. The van der Waals surface area contributed by atoms with E-state index in [0.29, 0.717) is 36.5 Å². The summed E-state index contributed by atoms with van der Waals surface area (Å²) in [5.41, 5.74) is 5.27.